The average molecular weight is 319 g/mol. The first kappa shape index (κ1) is 15.9. The molecule has 122 valence electrons. The molecule has 0 bridgehead atoms. The fourth-order valence-corrected chi connectivity index (χ4v) is 2.45. The molecule has 0 unspecified atom stereocenters. The molecule has 3 aromatic rings. The number of nitrogens with one attached hydrogen (secondary N) is 2. The van der Waals surface area contributed by atoms with E-state index in [2.05, 4.69) is 83.0 Å². The Labute approximate surface area is 142 Å². The number of rotatable bonds is 5. The second-order valence-electron chi connectivity index (χ2n) is 5.95. The summed E-state index contributed by atoms with van der Waals surface area (Å²) in [6, 6.07) is 14.6. The van der Waals surface area contributed by atoms with Crippen molar-refractivity contribution < 1.29 is 0 Å². The van der Waals surface area contributed by atoms with E-state index in [4.69, 9.17) is 0 Å². The number of anilines is 3. The van der Waals surface area contributed by atoms with Crippen LogP contribution in [0, 0.1) is 20.8 Å². The quantitative estimate of drug-likeness (QED) is 0.739. The van der Waals surface area contributed by atoms with Crippen molar-refractivity contribution in [2.45, 2.75) is 27.3 Å². The minimum absolute atomic E-state index is 0.506. The van der Waals surface area contributed by atoms with Crippen LogP contribution in [-0.2, 0) is 6.54 Å². The molecule has 0 spiro atoms. The van der Waals surface area contributed by atoms with Crippen molar-refractivity contribution >= 4 is 17.5 Å². The molecule has 0 saturated carbocycles. The topological polar surface area (TPSA) is 62.7 Å². The molecular weight excluding hydrogens is 298 g/mol. The Kier molecular flexibility index (Phi) is 4.70. The molecule has 5 heteroatoms. The Hall–Kier alpha value is -2.95. The third-order valence-electron chi connectivity index (χ3n) is 3.75. The minimum Gasteiger partial charge on any atom is -0.349 e. The van der Waals surface area contributed by atoms with Crippen molar-refractivity contribution in [1.29, 1.82) is 0 Å². The summed E-state index contributed by atoms with van der Waals surface area (Å²) in [6.07, 6.45) is 1.62. The van der Waals surface area contributed by atoms with Gasteiger partial charge in [0.25, 0.3) is 0 Å². The molecular formula is C19H21N5. The molecule has 1 heterocycles. The van der Waals surface area contributed by atoms with E-state index in [0.717, 1.165) is 11.3 Å². The molecule has 0 saturated heterocycles. The van der Waals surface area contributed by atoms with Gasteiger partial charge in [0.1, 0.15) is 0 Å². The molecule has 2 N–H and O–H groups in total. The summed E-state index contributed by atoms with van der Waals surface area (Å²) in [5.74, 6) is 1.18. The van der Waals surface area contributed by atoms with Crippen molar-refractivity contribution in [2.75, 3.05) is 10.6 Å². The number of benzene rings is 2. The number of aryl methyl sites for hydroxylation is 3. The van der Waals surface area contributed by atoms with Crippen LogP contribution in [0.5, 0.6) is 0 Å². The lowest BCUT2D eigenvalue weighted by Gasteiger charge is -2.10. The van der Waals surface area contributed by atoms with Gasteiger partial charge in [-0.05, 0) is 43.5 Å². The minimum atomic E-state index is 0.506. The Morgan fingerprint density at radius 2 is 1.79 bits per heavy atom. The van der Waals surface area contributed by atoms with E-state index >= 15 is 0 Å². The lowest BCUT2D eigenvalue weighted by molar-refractivity contribution is 0.948. The summed E-state index contributed by atoms with van der Waals surface area (Å²) >= 11 is 0. The molecule has 1 aromatic heterocycles. The Balaban J connectivity index is 1.71. The monoisotopic (exact) mass is 319 g/mol. The molecule has 2 aromatic carbocycles. The predicted octanol–water partition coefficient (Wildman–Crippen LogP) is 4.15. The van der Waals surface area contributed by atoms with Crippen LogP contribution in [0.4, 0.5) is 17.5 Å². The van der Waals surface area contributed by atoms with Gasteiger partial charge in [-0.15, -0.1) is 5.10 Å². The van der Waals surface area contributed by atoms with Gasteiger partial charge in [0.05, 0.1) is 6.20 Å². The van der Waals surface area contributed by atoms with Crippen molar-refractivity contribution in [1.82, 2.24) is 15.2 Å². The SMILES string of the molecule is Cc1cccc(CNc2nncc(Nc3cc(C)ccc3C)n2)c1. The van der Waals surface area contributed by atoms with Gasteiger partial charge in [-0.3, -0.25) is 0 Å². The summed E-state index contributed by atoms with van der Waals surface area (Å²) in [5.41, 5.74) is 5.81. The van der Waals surface area contributed by atoms with Gasteiger partial charge in [-0.1, -0.05) is 42.0 Å². The lowest BCUT2D eigenvalue weighted by Crippen LogP contribution is -2.06. The molecule has 0 radical (unpaired) electrons. The molecule has 5 nitrogen and oxygen atoms in total. The zero-order chi connectivity index (χ0) is 16.9. The van der Waals surface area contributed by atoms with E-state index in [1.807, 2.05) is 6.07 Å². The largest absolute Gasteiger partial charge is 0.349 e. The number of hydrogen-bond acceptors (Lipinski definition) is 5. The first-order valence-electron chi connectivity index (χ1n) is 7.93. The Morgan fingerprint density at radius 1 is 0.958 bits per heavy atom. The third-order valence-corrected chi connectivity index (χ3v) is 3.75. The second-order valence-corrected chi connectivity index (χ2v) is 5.95. The molecule has 0 aliphatic heterocycles. The van der Waals surface area contributed by atoms with E-state index in [-0.39, 0.29) is 0 Å². The van der Waals surface area contributed by atoms with Gasteiger partial charge >= 0.3 is 0 Å². The van der Waals surface area contributed by atoms with Crippen LogP contribution in [0.15, 0.2) is 48.7 Å². The Bertz CT molecular complexity index is 845. The molecule has 0 aliphatic rings. The molecule has 0 fully saturated rings. The molecule has 3 rings (SSSR count). The highest BCUT2D eigenvalue weighted by atomic mass is 15.3. The van der Waals surface area contributed by atoms with E-state index in [0.29, 0.717) is 18.3 Å². The first-order valence-corrected chi connectivity index (χ1v) is 7.93. The molecule has 24 heavy (non-hydrogen) atoms. The zero-order valence-corrected chi connectivity index (χ0v) is 14.2. The van der Waals surface area contributed by atoms with E-state index < -0.39 is 0 Å². The fraction of sp³-hybridized carbons (Fsp3) is 0.211. The van der Waals surface area contributed by atoms with Gasteiger partial charge in [-0.2, -0.15) is 10.1 Å². The Morgan fingerprint density at radius 3 is 2.62 bits per heavy atom. The number of hydrogen-bond donors (Lipinski definition) is 2. The maximum absolute atomic E-state index is 4.48. The van der Waals surface area contributed by atoms with Crippen LogP contribution < -0.4 is 10.6 Å². The maximum Gasteiger partial charge on any atom is 0.244 e. The predicted molar refractivity (Wildman–Crippen MR) is 97.5 cm³/mol. The smallest absolute Gasteiger partial charge is 0.244 e. The number of nitrogens with zero attached hydrogens (tertiary/aromatic N) is 3. The zero-order valence-electron chi connectivity index (χ0n) is 14.2. The highest BCUT2D eigenvalue weighted by Crippen LogP contribution is 2.20. The molecule has 0 amide bonds. The van der Waals surface area contributed by atoms with Crippen LogP contribution in [0.1, 0.15) is 22.3 Å². The van der Waals surface area contributed by atoms with Crippen molar-refractivity contribution in [3.05, 3.63) is 70.9 Å². The third kappa shape index (κ3) is 4.07. The summed E-state index contributed by atoms with van der Waals surface area (Å²) < 4.78 is 0. The van der Waals surface area contributed by atoms with Crippen LogP contribution in [0.3, 0.4) is 0 Å². The van der Waals surface area contributed by atoms with Crippen LogP contribution >= 0.6 is 0 Å². The average Bonchev–Trinajstić information content (AvgIpc) is 2.57. The highest BCUT2D eigenvalue weighted by molar-refractivity contribution is 5.61. The number of aromatic nitrogens is 3. The van der Waals surface area contributed by atoms with Crippen molar-refractivity contribution in [3.8, 4) is 0 Å². The van der Waals surface area contributed by atoms with Crippen molar-refractivity contribution in [3.63, 3.8) is 0 Å². The van der Waals surface area contributed by atoms with Gasteiger partial charge in [0.15, 0.2) is 5.82 Å². The van der Waals surface area contributed by atoms with Crippen molar-refractivity contribution in [2.24, 2.45) is 0 Å². The summed E-state index contributed by atoms with van der Waals surface area (Å²) in [7, 11) is 0. The van der Waals surface area contributed by atoms with Crippen LogP contribution in [0.2, 0.25) is 0 Å². The van der Waals surface area contributed by atoms with E-state index in [1.54, 1.807) is 6.20 Å². The molecule has 0 aliphatic carbocycles. The van der Waals surface area contributed by atoms with Gasteiger partial charge in [0, 0.05) is 12.2 Å². The first-order chi connectivity index (χ1) is 11.6. The van der Waals surface area contributed by atoms with Gasteiger partial charge < -0.3 is 10.6 Å². The second kappa shape index (κ2) is 7.08. The highest BCUT2D eigenvalue weighted by Gasteiger charge is 2.04. The van der Waals surface area contributed by atoms with Crippen LogP contribution in [-0.4, -0.2) is 15.2 Å². The normalized spacial score (nSPS) is 10.5. The fourth-order valence-electron chi connectivity index (χ4n) is 2.45. The summed E-state index contributed by atoms with van der Waals surface area (Å²) in [4.78, 5) is 4.48. The standard InChI is InChI=1S/C19H21N5/c1-13-5-4-6-16(9-13)11-20-19-23-18(12-21-24-19)22-17-10-14(2)7-8-15(17)3/h4-10,12H,11H2,1-3H3,(H2,20,22,23,24). The molecule has 0 atom stereocenters. The lowest BCUT2D eigenvalue weighted by atomic mass is 10.1. The van der Waals surface area contributed by atoms with Gasteiger partial charge in [-0.25, -0.2) is 0 Å². The van der Waals surface area contributed by atoms with E-state index in [1.165, 1.54) is 16.7 Å². The summed E-state index contributed by atoms with van der Waals surface area (Å²) in [6.45, 7) is 6.87. The van der Waals surface area contributed by atoms with Crippen LogP contribution in [0.25, 0.3) is 0 Å². The summed E-state index contributed by atoms with van der Waals surface area (Å²) in [5, 5.41) is 14.6. The maximum atomic E-state index is 4.48. The van der Waals surface area contributed by atoms with Gasteiger partial charge in [0.2, 0.25) is 5.95 Å². The van der Waals surface area contributed by atoms with E-state index in [9.17, 15) is 0 Å².